The van der Waals surface area contributed by atoms with E-state index in [9.17, 15) is 4.79 Å². The second-order valence-electron chi connectivity index (χ2n) is 2.91. The van der Waals surface area contributed by atoms with E-state index in [1.807, 2.05) is 0 Å². The van der Waals surface area contributed by atoms with Gasteiger partial charge in [0.25, 0.3) is 0 Å². The summed E-state index contributed by atoms with van der Waals surface area (Å²) >= 11 is 5.93. The van der Waals surface area contributed by atoms with Crippen LogP contribution in [0.25, 0.3) is 10.9 Å². The molecule has 0 aliphatic heterocycles. The molecule has 0 aliphatic carbocycles. The van der Waals surface area contributed by atoms with Gasteiger partial charge >= 0.3 is 5.97 Å². The third-order valence-electron chi connectivity index (χ3n) is 2.03. The minimum absolute atomic E-state index is 0.0855. The summed E-state index contributed by atoms with van der Waals surface area (Å²) in [6, 6.07) is 3.19. The van der Waals surface area contributed by atoms with E-state index >= 15 is 0 Å². The van der Waals surface area contributed by atoms with Crippen molar-refractivity contribution in [3.8, 4) is 5.75 Å². The molecule has 1 heterocycles. The summed E-state index contributed by atoms with van der Waals surface area (Å²) < 4.78 is 4.99. The number of H-pyrrole nitrogens is 1. The van der Waals surface area contributed by atoms with Gasteiger partial charge in [0.05, 0.1) is 23.0 Å². The zero-order valence-electron chi connectivity index (χ0n) is 7.74. The topological polar surface area (TPSA) is 75.2 Å². The highest BCUT2D eigenvalue weighted by Gasteiger charge is 2.16. The monoisotopic (exact) mass is 226 g/mol. The van der Waals surface area contributed by atoms with Crippen molar-refractivity contribution in [1.29, 1.82) is 0 Å². The van der Waals surface area contributed by atoms with Crippen molar-refractivity contribution in [2.75, 3.05) is 7.11 Å². The number of rotatable bonds is 2. The van der Waals surface area contributed by atoms with E-state index in [1.54, 1.807) is 12.1 Å². The highest BCUT2D eigenvalue weighted by atomic mass is 35.5. The van der Waals surface area contributed by atoms with Crippen molar-refractivity contribution in [2.24, 2.45) is 0 Å². The fraction of sp³-hybridized carbons (Fsp3) is 0.111. The van der Waals surface area contributed by atoms with Crippen molar-refractivity contribution in [3.05, 3.63) is 22.8 Å². The summed E-state index contributed by atoms with van der Waals surface area (Å²) in [6.45, 7) is 0. The summed E-state index contributed by atoms with van der Waals surface area (Å²) in [6.07, 6.45) is 0. The Morgan fingerprint density at radius 2 is 2.33 bits per heavy atom. The lowest BCUT2D eigenvalue weighted by Gasteiger charge is -2.00. The molecular formula is C9H7ClN2O3. The molecule has 1 aromatic heterocycles. The van der Waals surface area contributed by atoms with Crippen LogP contribution in [0.3, 0.4) is 0 Å². The number of aromatic carboxylic acids is 1. The van der Waals surface area contributed by atoms with E-state index in [-0.39, 0.29) is 5.69 Å². The minimum atomic E-state index is -1.12. The molecule has 2 aromatic rings. The molecule has 15 heavy (non-hydrogen) atoms. The summed E-state index contributed by atoms with van der Waals surface area (Å²) in [4.78, 5) is 10.8. The number of carboxylic acids is 1. The van der Waals surface area contributed by atoms with Crippen LogP contribution in [0.15, 0.2) is 12.1 Å². The first-order valence-corrected chi connectivity index (χ1v) is 4.46. The lowest BCUT2D eigenvalue weighted by molar-refractivity contribution is 0.0692. The molecule has 0 fully saturated rings. The van der Waals surface area contributed by atoms with E-state index < -0.39 is 5.97 Å². The Labute approximate surface area is 89.6 Å². The predicted octanol–water partition coefficient (Wildman–Crippen LogP) is 1.92. The average Bonchev–Trinajstić information content (AvgIpc) is 2.61. The van der Waals surface area contributed by atoms with Crippen molar-refractivity contribution in [2.45, 2.75) is 0 Å². The molecule has 1 aromatic carbocycles. The Bertz CT molecular complexity index is 535. The zero-order valence-corrected chi connectivity index (χ0v) is 8.50. The maximum absolute atomic E-state index is 10.8. The van der Waals surface area contributed by atoms with Gasteiger partial charge in [-0.15, -0.1) is 0 Å². The number of nitrogens with zero attached hydrogens (tertiary/aromatic N) is 1. The maximum atomic E-state index is 10.8. The summed E-state index contributed by atoms with van der Waals surface area (Å²) in [5.41, 5.74) is 0.453. The van der Waals surface area contributed by atoms with Crippen molar-refractivity contribution in [3.63, 3.8) is 0 Å². The number of aromatic nitrogens is 2. The summed E-state index contributed by atoms with van der Waals surface area (Å²) in [5, 5.41) is 15.8. The fourth-order valence-electron chi connectivity index (χ4n) is 1.36. The number of ether oxygens (including phenoxy) is 1. The molecule has 0 unspecified atom stereocenters. The standard InChI is InChI=1S/C9H7ClN2O3/c1-15-4-2-5(10)7-6(3-4)11-12-8(7)9(13)14/h2-3H,1H3,(H,11,12)(H,13,14). The van der Waals surface area contributed by atoms with Gasteiger partial charge in [0.15, 0.2) is 5.69 Å². The van der Waals surface area contributed by atoms with Gasteiger partial charge in [-0.25, -0.2) is 4.79 Å². The van der Waals surface area contributed by atoms with E-state index in [0.29, 0.717) is 21.7 Å². The van der Waals surface area contributed by atoms with Gasteiger partial charge in [-0.2, -0.15) is 5.10 Å². The van der Waals surface area contributed by atoms with Gasteiger partial charge in [-0.05, 0) is 6.07 Å². The Balaban J connectivity index is 2.77. The highest BCUT2D eigenvalue weighted by molar-refractivity contribution is 6.36. The van der Waals surface area contributed by atoms with Crippen LogP contribution in [-0.2, 0) is 0 Å². The number of benzene rings is 1. The molecule has 0 spiro atoms. The van der Waals surface area contributed by atoms with Crippen molar-refractivity contribution >= 4 is 28.5 Å². The van der Waals surface area contributed by atoms with Crippen molar-refractivity contribution in [1.82, 2.24) is 10.2 Å². The molecule has 0 radical (unpaired) electrons. The second kappa shape index (κ2) is 3.43. The third-order valence-corrected chi connectivity index (χ3v) is 2.33. The number of carbonyl (C=O) groups is 1. The zero-order chi connectivity index (χ0) is 11.0. The number of fused-ring (bicyclic) bond motifs is 1. The van der Waals surface area contributed by atoms with E-state index in [2.05, 4.69) is 10.2 Å². The molecular weight excluding hydrogens is 220 g/mol. The van der Waals surface area contributed by atoms with E-state index in [1.165, 1.54) is 7.11 Å². The molecule has 0 atom stereocenters. The first-order chi connectivity index (χ1) is 7.13. The Morgan fingerprint density at radius 1 is 1.60 bits per heavy atom. The Morgan fingerprint density at radius 3 is 2.93 bits per heavy atom. The normalized spacial score (nSPS) is 10.5. The number of methoxy groups -OCH3 is 1. The van der Waals surface area contributed by atoms with Crippen LogP contribution in [0.2, 0.25) is 5.02 Å². The number of halogens is 1. The van der Waals surface area contributed by atoms with Gasteiger partial charge in [-0.1, -0.05) is 11.6 Å². The van der Waals surface area contributed by atoms with E-state index in [4.69, 9.17) is 21.4 Å². The van der Waals surface area contributed by atoms with Crippen LogP contribution in [0, 0.1) is 0 Å². The minimum Gasteiger partial charge on any atom is -0.497 e. The van der Waals surface area contributed by atoms with Gasteiger partial charge in [0.1, 0.15) is 5.75 Å². The van der Waals surface area contributed by atoms with E-state index in [0.717, 1.165) is 0 Å². The van der Waals surface area contributed by atoms with Crippen molar-refractivity contribution < 1.29 is 14.6 Å². The van der Waals surface area contributed by atoms with Gasteiger partial charge in [-0.3, -0.25) is 5.10 Å². The Kier molecular flexibility index (Phi) is 2.24. The van der Waals surface area contributed by atoms with Crippen LogP contribution >= 0.6 is 11.6 Å². The highest BCUT2D eigenvalue weighted by Crippen LogP contribution is 2.30. The number of nitrogens with one attached hydrogen (secondary N) is 1. The number of aromatic amines is 1. The second-order valence-corrected chi connectivity index (χ2v) is 3.32. The third kappa shape index (κ3) is 1.50. The van der Waals surface area contributed by atoms with Crippen LogP contribution in [0.1, 0.15) is 10.5 Å². The SMILES string of the molecule is COc1cc(Cl)c2c(C(=O)O)n[nH]c2c1. The first-order valence-electron chi connectivity index (χ1n) is 4.08. The van der Waals surface area contributed by atoms with Gasteiger partial charge in [0, 0.05) is 6.07 Å². The molecule has 0 saturated carbocycles. The smallest absolute Gasteiger partial charge is 0.357 e. The molecule has 6 heteroatoms. The number of hydrogen-bond acceptors (Lipinski definition) is 3. The number of carboxylic acid groups (broad SMARTS) is 1. The fourth-order valence-corrected chi connectivity index (χ4v) is 1.65. The predicted molar refractivity (Wildman–Crippen MR) is 54.6 cm³/mol. The quantitative estimate of drug-likeness (QED) is 0.820. The van der Waals surface area contributed by atoms with Gasteiger partial charge in [0.2, 0.25) is 0 Å². The van der Waals surface area contributed by atoms with Crippen LogP contribution < -0.4 is 4.74 Å². The number of hydrogen-bond donors (Lipinski definition) is 2. The lowest BCUT2D eigenvalue weighted by atomic mass is 10.2. The van der Waals surface area contributed by atoms with Crippen LogP contribution in [-0.4, -0.2) is 28.4 Å². The van der Waals surface area contributed by atoms with Crippen LogP contribution in [0.4, 0.5) is 0 Å². The molecule has 78 valence electrons. The van der Waals surface area contributed by atoms with Crippen LogP contribution in [0.5, 0.6) is 5.75 Å². The molecule has 0 amide bonds. The largest absolute Gasteiger partial charge is 0.497 e. The lowest BCUT2D eigenvalue weighted by Crippen LogP contribution is -1.97. The Hall–Kier alpha value is -1.75. The summed E-state index contributed by atoms with van der Waals surface area (Å²) in [5.74, 6) is -0.568. The maximum Gasteiger partial charge on any atom is 0.357 e. The molecule has 5 nitrogen and oxygen atoms in total. The molecule has 0 saturated heterocycles. The molecule has 2 N–H and O–H groups in total. The molecule has 2 rings (SSSR count). The molecule has 0 bridgehead atoms. The first kappa shape index (κ1) is 9.79. The summed E-state index contributed by atoms with van der Waals surface area (Å²) in [7, 11) is 1.51. The van der Waals surface area contributed by atoms with Gasteiger partial charge < -0.3 is 9.84 Å². The molecule has 0 aliphatic rings. The average molecular weight is 227 g/mol.